The molecule has 0 saturated carbocycles. The molecule has 0 spiro atoms. The summed E-state index contributed by atoms with van der Waals surface area (Å²) >= 11 is 0. The highest BCUT2D eigenvalue weighted by Crippen LogP contribution is 2.21. The van der Waals surface area contributed by atoms with Gasteiger partial charge in [-0.25, -0.2) is 0 Å². The van der Waals surface area contributed by atoms with Gasteiger partial charge >= 0.3 is 6.18 Å². The van der Waals surface area contributed by atoms with Gasteiger partial charge in [0.25, 0.3) is 5.91 Å². The molecule has 0 aromatic heterocycles. The van der Waals surface area contributed by atoms with Crippen LogP contribution in [0.2, 0.25) is 0 Å². The number of rotatable bonds is 3. The Morgan fingerprint density at radius 3 is 2.68 bits per heavy atom. The van der Waals surface area contributed by atoms with Gasteiger partial charge in [0.1, 0.15) is 0 Å². The van der Waals surface area contributed by atoms with Gasteiger partial charge in [-0.15, -0.1) is 0 Å². The van der Waals surface area contributed by atoms with Crippen LogP contribution in [0.5, 0.6) is 0 Å². The van der Waals surface area contributed by atoms with Gasteiger partial charge in [0.15, 0.2) is 0 Å². The zero-order valence-corrected chi connectivity index (χ0v) is 10.5. The van der Waals surface area contributed by atoms with Gasteiger partial charge < -0.3 is 10.2 Å². The third-order valence-electron chi connectivity index (χ3n) is 3.16. The average molecular weight is 272 g/mol. The molecule has 0 fully saturated rings. The van der Waals surface area contributed by atoms with Crippen molar-refractivity contribution in [3.8, 4) is 0 Å². The molecule has 0 unspecified atom stereocenters. The third-order valence-corrected chi connectivity index (χ3v) is 3.16. The molecular weight excluding hydrogens is 257 g/mol. The fourth-order valence-corrected chi connectivity index (χ4v) is 2.04. The van der Waals surface area contributed by atoms with E-state index in [0.29, 0.717) is 12.1 Å². The molecule has 1 heterocycles. The summed E-state index contributed by atoms with van der Waals surface area (Å²) < 4.78 is 36.3. The summed E-state index contributed by atoms with van der Waals surface area (Å²) in [7, 11) is 1.39. The molecule has 1 aromatic carbocycles. The standard InChI is InChI=1S/C13H15F3N2O/c1-18(5-4-13(14,15)16)12(19)9-2-3-10-7-17-8-11(10)6-9/h2-3,6,17H,4-5,7-8H2,1H3. The minimum atomic E-state index is -4.24. The lowest BCUT2D eigenvalue weighted by Gasteiger charge is -2.18. The zero-order chi connectivity index (χ0) is 14.0. The SMILES string of the molecule is CN(CCC(F)(F)F)C(=O)c1ccc2c(c1)CNC2. The van der Waals surface area contributed by atoms with Crippen molar-refractivity contribution >= 4 is 5.91 Å². The van der Waals surface area contributed by atoms with Crippen molar-refractivity contribution in [3.63, 3.8) is 0 Å². The number of alkyl halides is 3. The van der Waals surface area contributed by atoms with E-state index >= 15 is 0 Å². The summed E-state index contributed by atoms with van der Waals surface area (Å²) in [5, 5.41) is 3.15. The second-order valence-corrected chi connectivity index (χ2v) is 4.68. The van der Waals surface area contributed by atoms with E-state index in [1.807, 2.05) is 6.07 Å². The first-order chi connectivity index (χ1) is 8.87. The molecule has 1 aromatic rings. The molecule has 1 aliphatic heterocycles. The van der Waals surface area contributed by atoms with Crippen LogP contribution in [0.1, 0.15) is 27.9 Å². The van der Waals surface area contributed by atoms with Crippen LogP contribution in [0.3, 0.4) is 0 Å². The van der Waals surface area contributed by atoms with Crippen LogP contribution in [0.15, 0.2) is 18.2 Å². The molecule has 1 amide bonds. The van der Waals surface area contributed by atoms with E-state index in [1.165, 1.54) is 7.05 Å². The van der Waals surface area contributed by atoms with Crippen molar-refractivity contribution in [2.75, 3.05) is 13.6 Å². The number of carbonyl (C=O) groups excluding carboxylic acids is 1. The summed E-state index contributed by atoms with van der Waals surface area (Å²) in [6, 6.07) is 5.26. The van der Waals surface area contributed by atoms with E-state index in [1.54, 1.807) is 12.1 Å². The van der Waals surface area contributed by atoms with Crippen molar-refractivity contribution < 1.29 is 18.0 Å². The highest BCUT2D eigenvalue weighted by atomic mass is 19.4. The molecule has 2 rings (SSSR count). The number of nitrogens with zero attached hydrogens (tertiary/aromatic N) is 1. The van der Waals surface area contributed by atoms with Crippen LogP contribution in [0, 0.1) is 0 Å². The maximum atomic E-state index is 12.1. The molecule has 1 aliphatic rings. The molecule has 104 valence electrons. The normalized spacial score (nSPS) is 14.3. The Balaban J connectivity index is 2.03. The van der Waals surface area contributed by atoms with Gasteiger partial charge in [-0.05, 0) is 23.3 Å². The van der Waals surface area contributed by atoms with Crippen molar-refractivity contribution in [1.29, 1.82) is 0 Å². The fourth-order valence-electron chi connectivity index (χ4n) is 2.04. The molecule has 0 atom stereocenters. The lowest BCUT2D eigenvalue weighted by Crippen LogP contribution is -2.30. The highest BCUT2D eigenvalue weighted by Gasteiger charge is 2.28. The molecule has 3 nitrogen and oxygen atoms in total. The molecule has 0 radical (unpaired) electrons. The van der Waals surface area contributed by atoms with Gasteiger partial charge in [0, 0.05) is 32.2 Å². The number of hydrogen-bond acceptors (Lipinski definition) is 2. The Labute approximate surface area is 109 Å². The topological polar surface area (TPSA) is 32.3 Å². The van der Waals surface area contributed by atoms with E-state index < -0.39 is 12.6 Å². The van der Waals surface area contributed by atoms with Crippen LogP contribution >= 0.6 is 0 Å². The first kappa shape index (κ1) is 13.9. The second kappa shape index (κ2) is 5.21. The number of carbonyl (C=O) groups is 1. The number of benzene rings is 1. The number of fused-ring (bicyclic) bond motifs is 1. The predicted molar refractivity (Wildman–Crippen MR) is 64.6 cm³/mol. The molecular formula is C13H15F3N2O. The average Bonchev–Trinajstić information content (AvgIpc) is 2.81. The van der Waals surface area contributed by atoms with Crippen LogP contribution in [-0.4, -0.2) is 30.6 Å². The van der Waals surface area contributed by atoms with E-state index in [4.69, 9.17) is 0 Å². The van der Waals surface area contributed by atoms with Gasteiger partial charge in [-0.1, -0.05) is 6.07 Å². The Hall–Kier alpha value is -1.56. The highest BCUT2D eigenvalue weighted by molar-refractivity contribution is 5.94. The van der Waals surface area contributed by atoms with E-state index in [-0.39, 0.29) is 12.5 Å². The second-order valence-electron chi connectivity index (χ2n) is 4.68. The zero-order valence-electron chi connectivity index (χ0n) is 10.5. The Morgan fingerprint density at radius 1 is 1.32 bits per heavy atom. The number of halogens is 3. The van der Waals surface area contributed by atoms with Crippen molar-refractivity contribution in [2.45, 2.75) is 25.7 Å². The summed E-state index contributed by atoms with van der Waals surface area (Å²) in [6.45, 7) is 1.15. The summed E-state index contributed by atoms with van der Waals surface area (Å²) in [5.41, 5.74) is 2.61. The van der Waals surface area contributed by atoms with Gasteiger partial charge in [-0.3, -0.25) is 4.79 Å². The van der Waals surface area contributed by atoms with Gasteiger partial charge in [0.2, 0.25) is 0 Å². The summed E-state index contributed by atoms with van der Waals surface area (Å²) in [6.07, 6.45) is -5.22. The Bertz CT molecular complexity index is 485. The van der Waals surface area contributed by atoms with Crippen LogP contribution in [0.4, 0.5) is 13.2 Å². The monoisotopic (exact) mass is 272 g/mol. The lowest BCUT2D eigenvalue weighted by atomic mass is 10.1. The minimum Gasteiger partial charge on any atom is -0.341 e. The van der Waals surface area contributed by atoms with Gasteiger partial charge in [0.05, 0.1) is 6.42 Å². The van der Waals surface area contributed by atoms with E-state index in [9.17, 15) is 18.0 Å². The maximum Gasteiger partial charge on any atom is 0.390 e. The van der Waals surface area contributed by atoms with Crippen LogP contribution in [-0.2, 0) is 13.1 Å². The number of hydrogen-bond donors (Lipinski definition) is 1. The quantitative estimate of drug-likeness (QED) is 0.915. The van der Waals surface area contributed by atoms with Crippen molar-refractivity contribution in [2.24, 2.45) is 0 Å². The molecule has 6 heteroatoms. The molecule has 1 N–H and O–H groups in total. The van der Waals surface area contributed by atoms with Crippen LogP contribution < -0.4 is 5.32 Å². The van der Waals surface area contributed by atoms with Crippen molar-refractivity contribution in [1.82, 2.24) is 10.2 Å². The molecule has 0 aliphatic carbocycles. The fraction of sp³-hybridized carbons (Fsp3) is 0.462. The number of nitrogens with one attached hydrogen (secondary N) is 1. The largest absolute Gasteiger partial charge is 0.390 e. The first-order valence-corrected chi connectivity index (χ1v) is 6.01. The smallest absolute Gasteiger partial charge is 0.341 e. The van der Waals surface area contributed by atoms with Crippen molar-refractivity contribution in [3.05, 3.63) is 34.9 Å². The van der Waals surface area contributed by atoms with E-state index in [2.05, 4.69) is 5.32 Å². The predicted octanol–water partition coefficient (Wildman–Crippen LogP) is 2.31. The maximum absolute atomic E-state index is 12.1. The summed E-state index contributed by atoms with van der Waals surface area (Å²) in [5.74, 6) is -0.376. The van der Waals surface area contributed by atoms with E-state index in [0.717, 1.165) is 22.6 Å². The molecule has 0 bridgehead atoms. The molecule has 0 saturated heterocycles. The van der Waals surface area contributed by atoms with Gasteiger partial charge in [-0.2, -0.15) is 13.2 Å². The molecule has 19 heavy (non-hydrogen) atoms. The third kappa shape index (κ3) is 3.47. The summed E-state index contributed by atoms with van der Waals surface area (Å²) in [4.78, 5) is 13.1. The Morgan fingerprint density at radius 2 is 2.00 bits per heavy atom. The first-order valence-electron chi connectivity index (χ1n) is 6.01. The lowest BCUT2D eigenvalue weighted by molar-refractivity contribution is -0.136. The Kier molecular flexibility index (Phi) is 3.80. The van der Waals surface area contributed by atoms with Crippen LogP contribution in [0.25, 0.3) is 0 Å². The minimum absolute atomic E-state index is 0.322. The number of amides is 1.